The van der Waals surface area contributed by atoms with E-state index in [4.69, 9.17) is 4.74 Å². The van der Waals surface area contributed by atoms with Crippen LogP contribution < -0.4 is 0 Å². The lowest BCUT2D eigenvalue weighted by Gasteiger charge is -2.26. The summed E-state index contributed by atoms with van der Waals surface area (Å²) in [6.07, 6.45) is 2.31. The summed E-state index contributed by atoms with van der Waals surface area (Å²) in [4.78, 5) is 2.48. The van der Waals surface area contributed by atoms with Crippen LogP contribution in [0.3, 0.4) is 0 Å². The molecule has 3 rings (SSSR count). The summed E-state index contributed by atoms with van der Waals surface area (Å²) in [5, 5.41) is 4.12. The highest BCUT2D eigenvalue weighted by atomic mass is 32.1. The topological polar surface area (TPSA) is 38.2 Å². The number of aryl methyl sites for hydroxylation is 1. The van der Waals surface area contributed by atoms with Crippen LogP contribution in [0.15, 0.2) is 18.2 Å². The second-order valence-electron chi connectivity index (χ2n) is 4.63. The highest BCUT2D eigenvalue weighted by Gasteiger charge is 2.09. The summed E-state index contributed by atoms with van der Waals surface area (Å²) in [7, 11) is 0. The van der Waals surface area contributed by atoms with Crippen molar-refractivity contribution in [3.63, 3.8) is 0 Å². The van der Waals surface area contributed by atoms with E-state index in [1.165, 1.54) is 28.2 Å². The predicted octanol–water partition coefficient (Wildman–Crippen LogP) is 1.96. The van der Waals surface area contributed by atoms with E-state index in [1.807, 2.05) is 0 Å². The second-order valence-corrected chi connectivity index (χ2v) is 5.42. The van der Waals surface area contributed by atoms with Crippen LogP contribution in [-0.4, -0.2) is 47.3 Å². The van der Waals surface area contributed by atoms with Gasteiger partial charge in [0.2, 0.25) is 0 Å². The lowest BCUT2D eigenvalue weighted by molar-refractivity contribution is 0.0375. The van der Waals surface area contributed by atoms with Gasteiger partial charge in [0.15, 0.2) is 0 Å². The van der Waals surface area contributed by atoms with Gasteiger partial charge in [-0.05, 0) is 48.6 Å². The smallest absolute Gasteiger partial charge is 0.106 e. The molecule has 0 spiro atoms. The van der Waals surface area contributed by atoms with Crippen molar-refractivity contribution in [2.45, 2.75) is 12.8 Å². The summed E-state index contributed by atoms with van der Waals surface area (Å²) in [5.74, 6) is 0. The first-order valence-electron chi connectivity index (χ1n) is 6.43. The lowest BCUT2D eigenvalue weighted by Crippen LogP contribution is -2.36. The largest absolute Gasteiger partial charge is 0.379 e. The molecule has 0 aliphatic carbocycles. The Morgan fingerprint density at radius 2 is 2.17 bits per heavy atom. The van der Waals surface area contributed by atoms with Gasteiger partial charge in [0.1, 0.15) is 5.52 Å². The average Bonchev–Trinajstić information content (AvgIpc) is 2.87. The number of hydrogen-bond donors (Lipinski definition) is 0. The van der Waals surface area contributed by atoms with Crippen molar-refractivity contribution < 1.29 is 4.74 Å². The quantitative estimate of drug-likeness (QED) is 0.845. The monoisotopic (exact) mass is 263 g/mol. The van der Waals surface area contributed by atoms with E-state index in [1.54, 1.807) is 0 Å². The van der Waals surface area contributed by atoms with Crippen LogP contribution in [0.4, 0.5) is 0 Å². The molecule has 0 N–H and O–H groups in total. The molecule has 1 aliphatic heterocycles. The minimum atomic E-state index is 0.885. The number of rotatable bonds is 4. The van der Waals surface area contributed by atoms with Gasteiger partial charge in [-0.1, -0.05) is 10.6 Å². The summed E-state index contributed by atoms with van der Waals surface area (Å²) in [6.45, 7) is 5.09. The van der Waals surface area contributed by atoms with Gasteiger partial charge in [-0.3, -0.25) is 4.90 Å². The summed E-state index contributed by atoms with van der Waals surface area (Å²) in [5.41, 5.74) is 2.40. The molecule has 18 heavy (non-hydrogen) atoms. The minimum absolute atomic E-state index is 0.885. The first kappa shape index (κ1) is 12.0. The highest BCUT2D eigenvalue weighted by molar-refractivity contribution is 7.12. The standard InChI is InChI=1S/C13H17N3OS/c1(5-16-6-8-17-9-7-16)2-11-3-4-13-12(10-11)14-15-18-13/h3-4,10H,1-2,5-9H2. The normalized spacial score (nSPS) is 17.3. The van der Waals surface area contributed by atoms with E-state index in [9.17, 15) is 0 Å². The van der Waals surface area contributed by atoms with Gasteiger partial charge in [0.05, 0.1) is 17.9 Å². The number of fused-ring (bicyclic) bond motifs is 1. The van der Waals surface area contributed by atoms with E-state index in [-0.39, 0.29) is 0 Å². The Kier molecular flexibility index (Phi) is 3.83. The van der Waals surface area contributed by atoms with Crippen molar-refractivity contribution in [3.8, 4) is 0 Å². The lowest BCUT2D eigenvalue weighted by atomic mass is 10.1. The van der Waals surface area contributed by atoms with Gasteiger partial charge in [-0.15, -0.1) is 5.10 Å². The third kappa shape index (κ3) is 2.85. The van der Waals surface area contributed by atoms with Crippen molar-refractivity contribution >= 4 is 21.7 Å². The maximum Gasteiger partial charge on any atom is 0.106 e. The molecule has 1 aromatic carbocycles. The third-order valence-electron chi connectivity index (χ3n) is 3.35. The number of aromatic nitrogens is 2. The van der Waals surface area contributed by atoms with E-state index in [0.717, 1.165) is 44.8 Å². The first-order chi connectivity index (χ1) is 8.92. The van der Waals surface area contributed by atoms with Gasteiger partial charge >= 0.3 is 0 Å². The van der Waals surface area contributed by atoms with Crippen LogP contribution in [-0.2, 0) is 11.2 Å². The highest BCUT2D eigenvalue weighted by Crippen LogP contribution is 2.17. The van der Waals surface area contributed by atoms with Gasteiger partial charge in [0.25, 0.3) is 0 Å². The van der Waals surface area contributed by atoms with Crippen molar-refractivity contribution in [1.82, 2.24) is 14.5 Å². The molecular formula is C13H17N3OS. The average molecular weight is 263 g/mol. The van der Waals surface area contributed by atoms with Crippen molar-refractivity contribution in [2.75, 3.05) is 32.8 Å². The summed E-state index contributed by atoms with van der Waals surface area (Å²) < 4.78 is 10.5. The summed E-state index contributed by atoms with van der Waals surface area (Å²) in [6, 6.07) is 6.49. The van der Waals surface area contributed by atoms with Gasteiger partial charge in [-0.25, -0.2) is 0 Å². The van der Waals surface area contributed by atoms with Crippen LogP contribution in [0.5, 0.6) is 0 Å². The number of morpholine rings is 1. The Balaban J connectivity index is 1.52. The van der Waals surface area contributed by atoms with E-state index in [0.29, 0.717) is 0 Å². The van der Waals surface area contributed by atoms with Crippen LogP contribution in [0.25, 0.3) is 10.2 Å². The maximum atomic E-state index is 5.35. The molecule has 5 heteroatoms. The zero-order chi connectivity index (χ0) is 12.2. The number of ether oxygens (including phenoxy) is 1. The molecule has 0 amide bonds. The number of hydrogen-bond acceptors (Lipinski definition) is 5. The first-order valence-corrected chi connectivity index (χ1v) is 7.20. The maximum absolute atomic E-state index is 5.35. The van der Waals surface area contributed by atoms with Crippen molar-refractivity contribution in [3.05, 3.63) is 23.8 Å². The molecule has 2 aromatic rings. The Morgan fingerprint density at radius 1 is 1.28 bits per heavy atom. The SMILES string of the molecule is c1cc2snnc2cc1CCCN1CCOCC1. The van der Waals surface area contributed by atoms with Gasteiger partial charge < -0.3 is 4.74 Å². The van der Waals surface area contributed by atoms with Crippen LogP contribution in [0.2, 0.25) is 0 Å². The van der Waals surface area contributed by atoms with Crippen molar-refractivity contribution in [2.24, 2.45) is 0 Å². The Hall–Kier alpha value is -1.04. The molecule has 0 bridgehead atoms. The molecule has 4 nitrogen and oxygen atoms in total. The molecule has 1 aliphatic rings. The van der Waals surface area contributed by atoms with Crippen LogP contribution >= 0.6 is 11.5 Å². The Labute approximate surface area is 111 Å². The number of nitrogens with zero attached hydrogens (tertiary/aromatic N) is 3. The molecule has 1 saturated heterocycles. The minimum Gasteiger partial charge on any atom is -0.379 e. The molecular weight excluding hydrogens is 246 g/mol. The zero-order valence-corrected chi connectivity index (χ0v) is 11.2. The van der Waals surface area contributed by atoms with Crippen LogP contribution in [0.1, 0.15) is 12.0 Å². The fraction of sp³-hybridized carbons (Fsp3) is 0.538. The molecule has 0 unspecified atom stereocenters. The number of benzene rings is 1. The van der Waals surface area contributed by atoms with E-state index in [2.05, 4.69) is 32.7 Å². The molecule has 1 aromatic heterocycles. The van der Waals surface area contributed by atoms with Gasteiger partial charge in [-0.2, -0.15) is 0 Å². The molecule has 0 radical (unpaired) electrons. The summed E-state index contributed by atoms with van der Waals surface area (Å²) >= 11 is 1.46. The second kappa shape index (κ2) is 5.73. The van der Waals surface area contributed by atoms with E-state index >= 15 is 0 Å². The molecule has 0 saturated carbocycles. The molecule has 1 fully saturated rings. The Bertz CT molecular complexity index is 508. The predicted molar refractivity (Wildman–Crippen MR) is 73.0 cm³/mol. The van der Waals surface area contributed by atoms with Crippen molar-refractivity contribution in [1.29, 1.82) is 0 Å². The van der Waals surface area contributed by atoms with Crippen LogP contribution in [0, 0.1) is 0 Å². The molecule has 0 atom stereocenters. The fourth-order valence-corrected chi connectivity index (χ4v) is 2.85. The molecule has 2 heterocycles. The van der Waals surface area contributed by atoms with E-state index < -0.39 is 0 Å². The third-order valence-corrected chi connectivity index (χ3v) is 4.06. The Morgan fingerprint density at radius 3 is 3.06 bits per heavy atom. The van der Waals surface area contributed by atoms with Gasteiger partial charge in [0, 0.05) is 13.1 Å². The zero-order valence-electron chi connectivity index (χ0n) is 10.3. The molecule has 96 valence electrons. The fourth-order valence-electron chi connectivity index (χ4n) is 2.31.